The maximum absolute atomic E-state index is 9.41. The van der Waals surface area contributed by atoms with Crippen LogP contribution in [0.3, 0.4) is 0 Å². The van der Waals surface area contributed by atoms with Gasteiger partial charge in [-0.05, 0) is 42.0 Å². The average Bonchev–Trinajstić information content (AvgIpc) is 2.53. The second kappa shape index (κ2) is 7.71. The Balaban J connectivity index is 2.45. The number of hydrogen-bond donors (Lipinski definition) is 0. The third-order valence-electron chi connectivity index (χ3n) is 2.86. The minimum Gasteiger partial charge on any atom is -0.480 e. The van der Waals surface area contributed by atoms with Crippen LogP contribution in [-0.2, 0) is 0 Å². The molecular formula is C18H11BrClNO. The molecule has 0 bridgehead atoms. The summed E-state index contributed by atoms with van der Waals surface area (Å²) in [5, 5.41) is 9.97. The van der Waals surface area contributed by atoms with Gasteiger partial charge >= 0.3 is 0 Å². The SMILES string of the molecule is C#CCOc1ccc(Cl)cc1/C=C(\C#N)c1ccc(Br)cc1. The van der Waals surface area contributed by atoms with Crippen LogP contribution in [-0.4, -0.2) is 6.61 Å². The minimum absolute atomic E-state index is 0.155. The molecule has 0 atom stereocenters. The molecule has 2 rings (SSSR count). The van der Waals surface area contributed by atoms with Crippen molar-refractivity contribution in [3.8, 4) is 24.2 Å². The van der Waals surface area contributed by atoms with E-state index >= 15 is 0 Å². The first-order chi connectivity index (χ1) is 10.6. The fraction of sp³-hybridized carbons (Fsp3) is 0.0556. The molecule has 0 unspecified atom stereocenters. The molecule has 0 aliphatic heterocycles. The lowest BCUT2D eigenvalue weighted by atomic mass is 10.0. The summed E-state index contributed by atoms with van der Waals surface area (Å²) in [6.45, 7) is 0.155. The van der Waals surface area contributed by atoms with Gasteiger partial charge in [0.15, 0.2) is 0 Å². The van der Waals surface area contributed by atoms with E-state index in [9.17, 15) is 5.26 Å². The zero-order valence-electron chi connectivity index (χ0n) is 11.5. The van der Waals surface area contributed by atoms with E-state index in [4.69, 9.17) is 22.8 Å². The first-order valence-electron chi connectivity index (χ1n) is 6.37. The Morgan fingerprint density at radius 2 is 2.00 bits per heavy atom. The van der Waals surface area contributed by atoms with Crippen LogP contribution in [0.2, 0.25) is 5.02 Å². The largest absolute Gasteiger partial charge is 0.480 e. The normalized spacial score (nSPS) is 10.6. The molecule has 0 spiro atoms. The van der Waals surface area contributed by atoms with Crippen molar-refractivity contribution in [1.29, 1.82) is 5.26 Å². The molecule has 0 saturated carbocycles. The van der Waals surface area contributed by atoms with Crippen LogP contribution in [0, 0.1) is 23.7 Å². The lowest BCUT2D eigenvalue weighted by Gasteiger charge is -2.08. The van der Waals surface area contributed by atoms with Gasteiger partial charge in [0, 0.05) is 15.1 Å². The van der Waals surface area contributed by atoms with Crippen molar-refractivity contribution in [2.45, 2.75) is 0 Å². The number of hydrogen-bond acceptors (Lipinski definition) is 2. The molecule has 2 aromatic rings. The van der Waals surface area contributed by atoms with E-state index in [-0.39, 0.29) is 6.61 Å². The van der Waals surface area contributed by atoms with E-state index in [0.717, 1.165) is 10.0 Å². The van der Waals surface area contributed by atoms with E-state index in [1.165, 1.54) is 0 Å². The molecule has 4 heteroatoms. The van der Waals surface area contributed by atoms with E-state index in [0.29, 0.717) is 21.9 Å². The first-order valence-corrected chi connectivity index (χ1v) is 7.54. The molecule has 0 amide bonds. The number of benzene rings is 2. The van der Waals surface area contributed by atoms with Crippen LogP contribution >= 0.6 is 27.5 Å². The summed E-state index contributed by atoms with van der Waals surface area (Å²) in [5.41, 5.74) is 2.04. The van der Waals surface area contributed by atoms with Gasteiger partial charge < -0.3 is 4.74 Å². The maximum Gasteiger partial charge on any atom is 0.148 e. The van der Waals surface area contributed by atoms with Crippen LogP contribution in [0.25, 0.3) is 11.6 Å². The molecule has 0 saturated heterocycles. The van der Waals surface area contributed by atoms with Crippen molar-refractivity contribution in [2.75, 3.05) is 6.61 Å². The number of terminal acetylenes is 1. The standard InChI is InChI=1S/C18H11BrClNO/c1-2-9-22-18-8-7-17(20)11-14(18)10-15(12-21)13-3-5-16(19)6-4-13/h1,3-8,10-11H,9H2/b15-10+. The highest BCUT2D eigenvalue weighted by molar-refractivity contribution is 9.10. The molecule has 0 fully saturated rings. The molecule has 0 radical (unpaired) electrons. The molecule has 0 N–H and O–H groups in total. The Labute approximate surface area is 143 Å². The third kappa shape index (κ3) is 4.15. The van der Waals surface area contributed by atoms with Crippen LogP contribution < -0.4 is 4.74 Å². The summed E-state index contributed by atoms with van der Waals surface area (Å²) in [6, 6.07) is 14.9. The molecule has 0 aliphatic carbocycles. The average molecular weight is 373 g/mol. The molecule has 2 nitrogen and oxygen atoms in total. The first kappa shape index (κ1) is 16.2. The monoisotopic (exact) mass is 371 g/mol. The number of ether oxygens (including phenoxy) is 1. The number of halogens is 2. The van der Waals surface area contributed by atoms with Crippen molar-refractivity contribution >= 4 is 39.2 Å². The Hall–Kier alpha value is -2.20. The second-order valence-electron chi connectivity index (χ2n) is 4.35. The van der Waals surface area contributed by atoms with Gasteiger partial charge in [0.1, 0.15) is 12.4 Å². The summed E-state index contributed by atoms with van der Waals surface area (Å²) in [7, 11) is 0. The van der Waals surface area contributed by atoms with Gasteiger partial charge in [-0.15, -0.1) is 6.42 Å². The molecule has 2 aromatic carbocycles. The zero-order chi connectivity index (χ0) is 15.9. The van der Waals surface area contributed by atoms with Gasteiger partial charge in [-0.25, -0.2) is 0 Å². The predicted octanol–water partition coefficient (Wildman–Crippen LogP) is 5.18. The summed E-state index contributed by atoms with van der Waals surface area (Å²) < 4.78 is 6.44. The number of allylic oxidation sites excluding steroid dienone is 1. The van der Waals surface area contributed by atoms with Crippen LogP contribution in [0.1, 0.15) is 11.1 Å². The Morgan fingerprint density at radius 3 is 2.64 bits per heavy atom. The van der Waals surface area contributed by atoms with Gasteiger partial charge in [0.2, 0.25) is 0 Å². The molecule has 0 aromatic heterocycles. The van der Waals surface area contributed by atoms with E-state index < -0.39 is 0 Å². The molecule has 108 valence electrons. The van der Waals surface area contributed by atoms with E-state index in [1.54, 1.807) is 24.3 Å². The predicted molar refractivity (Wildman–Crippen MR) is 93.4 cm³/mol. The Kier molecular flexibility index (Phi) is 5.67. The third-order valence-corrected chi connectivity index (χ3v) is 3.62. The number of rotatable bonds is 4. The summed E-state index contributed by atoms with van der Waals surface area (Å²) in [6.07, 6.45) is 6.95. The van der Waals surface area contributed by atoms with Crippen LogP contribution in [0.5, 0.6) is 5.75 Å². The fourth-order valence-corrected chi connectivity index (χ4v) is 2.29. The van der Waals surface area contributed by atoms with Crippen LogP contribution in [0.15, 0.2) is 46.9 Å². The summed E-state index contributed by atoms with van der Waals surface area (Å²) >= 11 is 9.40. The Bertz CT molecular complexity index is 782. The van der Waals surface area contributed by atoms with Crippen molar-refractivity contribution < 1.29 is 4.74 Å². The van der Waals surface area contributed by atoms with E-state index in [2.05, 4.69) is 27.9 Å². The quantitative estimate of drug-likeness (QED) is 0.421. The highest BCUT2D eigenvalue weighted by Gasteiger charge is 2.06. The Morgan fingerprint density at radius 1 is 1.27 bits per heavy atom. The van der Waals surface area contributed by atoms with Crippen molar-refractivity contribution in [3.05, 3.63) is 63.1 Å². The van der Waals surface area contributed by atoms with Gasteiger partial charge in [0.05, 0.1) is 11.6 Å². The molecule has 22 heavy (non-hydrogen) atoms. The lowest BCUT2D eigenvalue weighted by molar-refractivity contribution is 0.369. The van der Waals surface area contributed by atoms with Gasteiger partial charge in [-0.3, -0.25) is 0 Å². The number of nitriles is 1. The smallest absolute Gasteiger partial charge is 0.148 e. The van der Waals surface area contributed by atoms with Crippen molar-refractivity contribution in [2.24, 2.45) is 0 Å². The summed E-state index contributed by atoms with van der Waals surface area (Å²) in [5.74, 6) is 3.01. The highest BCUT2D eigenvalue weighted by Crippen LogP contribution is 2.28. The molecular weight excluding hydrogens is 362 g/mol. The minimum atomic E-state index is 0.155. The second-order valence-corrected chi connectivity index (χ2v) is 5.70. The molecule has 0 heterocycles. The van der Waals surface area contributed by atoms with Crippen LogP contribution in [0.4, 0.5) is 0 Å². The lowest BCUT2D eigenvalue weighted by Crippen LogP contribution is -1.95. The molecule has 0 aliphatic rings. The summed E-state index contributed by atoms with van der Waals surface area (Å²) in [4.78, 5) is 0. The zero-order valence-corrected chi connectivity index (χ0v) is 13.9. The van der Waals surface area contributed by atoms with Crippen molar-refractivity contribution in [1.82, 2.24) is 0 Å². The highest BCUT2D eigenvalue weighted by atomic mass is 79.9. The van der Waals surface area contributed by atoms with Gasteiger partial charge in [0.25, 0.3) is 0 Å². The van der Waals surface area contributed by atoms with Crippen molar-refractivity contribution in [3.63, 3.8) is 0 Å². The topological polar surface area (TPSA) is 33.0 Å². The van der Waals surface area contributed by atoms with Gasteiger partial charge in [-0.1, -0.05) is 45.6 Å². The van der Waals surface area contributed by atoms with E-state index in [1.807, 2.05) is 24.3 Å². The van der Waals surface area contributed by atoms with Gasteiger partial charge in [-0.2, -0.15) is 5.26 Å². The number of nitrogens with zero attached hydrogens (tertiary/aromatic N) is 1. The fourth-order valence-electron chi connectivity index (χ4n) is 1.85. The maximum atomic E-state index is 9.41.